The number of carbonyl (C=O) groups excluding carboxylic acids is 1. The molecule has 1 aliphatic rings. The second kappa shape index (κ2) is 8.48. The number of piperazine rings is 1. The third-order valence-electron chi connectivity index (χ3n) is 5.25. The third-order valence-corrected chi connectivity index (χ3v) is 5.25. The van der Waals surface area contributed by atoms with E-state index < -0.39 is 6.36 Å². The van der Waals surface area contributed by atoms with Gasteiger partial charge in [-0.1, -0.05) is 0 Å². The second-order valence-electron chi connectivity index (χ2n) is 7.20. The zero-order valence-corrected chi connectivity index (χ0v) is 17.2. The van der Waals surface area contributed by atoms with Crippen molar-refractivity contribution in [1.29, 1.82) is 0 Å². The van der Waals surface area contributed by atoms with Crippen LogP contribution in [0, 0.1) is 0 Å². The summed E-state index contributed by atoms with van der Waals surface area (Å²) in [7, 11) is 0. The summed E-state index contributed by atoms with van der Waals surface area (Å²) in [4.78, 5) is 37.7. The smallest absolute Gasteiger partial charge is 0.406 e. The average molecular weight is 447 g/mol. The molecule has 0 unspecified atom stereocenters. The summed E-state index contributed by atoms with van der Waals surface area (Å²) in [5.74, 6) is -0.360. The minimum Gasteiger partial charge on any atom is -0.406 e. The van der Waals surface area contributed by atoms with E-state index >= 15 is 0 Å². The molecule has 4 rings (SSSR count). The molecule has 0 aliphatic carbocycles. The molecule has 0 saturated carbocycles. The standard InChI is InChI=1S/C21H20F3N5O3/c1-2-29-17-13-25-8-7-16(17)26-18(20(29)31)27-9-11-28(12-10-27)19(30)14-3-5-15(6-4-14)32-21(22,23)24/h3-8,13H,2,9-12H2,1H3. The Balaban J connectivity index is 1.47. The summed E-state index contributed by atoms with van der Waals surface area (Å²) in [6.45, 7) is 3.86. The number of alkyl halides is 3. The van der Waals surface area contributed by atoms with Crippen molar-refractivity contribution in [3.8, 4) is 5.75 Å². The summed E-state index contributed by atoms with van der Waals surface area (Å²) in [6.07, 6.45) is -1.56. The molecule has 1 aliphatic heterocycles. The first-order valence-corrected chi connectivity index (χ1v) is 10.0. The molecule has 0 spiro atoms. The fraction of sp³-hybridized carbons (Fsp3) is 0.333. The number of fused-ring (bicyclic) bond motifs is 1. The average Bonchev–Trinajstić information content (AvgIpc) is 2.78. The Kier molecular flexibility index (Phi) is 5.72. The Morgan fingerprint density at radius 1 is 1.09 bits per heavy atom. The maximum atomic E-state index is 12.9. The predicted molar refractivity (Wildman–Crippen MR) is 111 cm³/mol. The zero-order valence-electron chi connectivity index (χ0n) is 17.2. The Morgan fingerprint density at radius 3 is 2.41 bits per heavy atom. The normalized spacial score (nSPS) is 14.6. The van der Waals surface area contributed by atoms with Crippen LogP contribution < -0.4 is 15.2 Å². The number of hydrogen-bond donors (Lipinski definition) is 0. The van der Waals surface area contributed by atoms with Crippen molar-refractivity contribution in [3.63, 3.8) is 0 Å². The van der Waals surface area contributed by atoms with Gasteiger partial charge in [0, 0.05) is 44.5 Å². The van der Waals surface area contributed by atoms with Gasteiger partial charge in [0.15, 0.2) is 5.82 Å². The second-order valence-corrected chi connectivity index (χ2v) is 7.20. The fourth-order valence-electron chi connectivity index (χ4n) is 3.70. The summed E-state index contributed by atoms with van der Waals surface area (Å²) < 4.78 is 42.3. The van der Waals surface area contributed by atoms with E-state index in [0.29, 0.717) is 49.6 Å². The van der Waals surface area contributed by atoms with Crippen LogP contribution in [0.1, 0.15) is 17.3 Å². The van der Waals surface area contributed by atoms with E-state index in [2.05, 4.69) is 14.7 Å². The minimum absolute atomic E-state index is 0.215. The van der Waals surface area contributed by atoms with E-state index in [1.807, 2.05) is 11.8 Å². The van der Waals surface area contributed by atoms with Gasteiger partial charge in [-0.2, -0.15) is 0 Å². The van der Waals surface area contributed by atoms with E-state index in [4.69, 9.17) is 0 Å². The van der Waals surface area contributed by atoms with Crippen molar-refractivity contribution in [2.75, 3.05) is 31.1 Å². The molecule has 0 atom stereocenters. The molecule has 11 heteroatoms. The maximum Gasteiger partial charge on any atom is 0.573 e. The van der Waals surface area contributed by atoms with Gasteiger partial charge < -0.3 is 19.1 Å². The Bertz CT molecular complexity index is 1190. The number of carbonyl (C=O) groups is 1. The number of halogens is 3. The van der Waals surface area contributed by atoms with Gasteiger partial charge in [0.05, 0.1) is 17.2 Å². The van der Waals surface area contributed by atoms with Gasteiger partial charge in [0.1, 0.15) is 5.75 Å². The summed E-state index contributed by atoms with van der Waals surface area (Å²) in [5.41, 5.74) is 1.37. The number of amides is 1. The van der Waals surface area contributed by atoms with Crippen molar-refractivity contribution in [2.24, 2.45) is 0 Å². The van der Waals surface area contributed by atoms with Crippen LogP contribution >= 0.6 is 0 Å². The van der Waals surface area contributed by atoms with Crippen molar-refractivity contribution < 1.29 is 22.7 Å². The monoisotopic (exact) mass is 447 g/mol. The van der Waals surface area contributed by atoms with Crippen LogP contribution in [0.2, 0.25) is 0 Å². The molecule has 1 saturated heterocycles. The SMILES string of the molecule is CCn1c(=O)c(N2CCN(C(=O)c3ccc(OC(F)(F)F)cc3)CC2)nc2ccncc21. The Hall–Kier alpha value is -3.63. The molecule has 8 nitrogen and oxygen atoms in total. The first kappa shape index (κ1) is 21.6. The fourth-order valence-corrected chi connectivity index (χ4v) is 3.70. The quantitative estimate of drug-likeness (QED) is 0.612. The zero-order chi connectivity index (χ0) is 22.9. The first-order valence-electron chi connectivity index (χ1n) is 10.0. The molecule has 2 aromatic heterocycles. The number of aryl methyl sites for hydroxylation is 1. The lowest BCUT2D eigenvalue weighted by Crippen LogP contribution is -2.50. The van der Waals surface area contributed by atoms with Crippen molar-refractivity contribution in [1.82, 2.24) is 19.4 Å². The summed E-state index contributed by atoms with van der Waals surface area (Å²) >= 11 is 0. The van der Waals surface area contributed by atoms with Gasteiger partial charge in [0.25, 0.3) is 11.5 Å². The van der Waals surface area contributed by atoms with Crippen LogP contribution in [0.25, 0.3) is 11.0 Å². The highest BCUT2D eigenvalue weighted by atomic mass is 19.4. The number of benzene rings is 1. The molecular weight excluding hydrogens is 427 g/mol. The van der Waals surface area contributed by atoms with E-state index in [1.165, 1.54) is 12.1 Å². The minimum atomic E-state index is -4.79. The summed E-state index contributed by atoms with van der Waals surface area (Å²) in [6, 6.07) is 6.57. The van der Waals surface area contributed by atoms with Gasteiger partial charge in [-0.25, -0.2) is 4.98 Å². The van der Waals surface area contributed by atoms with E-state index in [-0.39, 0.29) is 22.8 Å². The van der Waals surface area contributed by atoms with Crippen LogP contribution in [0.3, 0.4) is 0 Å². The largest absolute Gasteiger partial charge is 0.573 e. The molecule has 32 heavy (non-hydrogen) atoms. The lowest BCUT2D eigenvalue weighted by Gasteiger charge is -2.35. The van der Waals surface area contributed by atoms with Crippen LogP contribution in [0.4, 0.5) is 19.0 Å². The molecule has 168 valence electrons. The number of pyridine rings is 1. The number of hydrogen-bond acceptors (Lipinski definition) is 6. The number of ether oxygens (including phenoxy) is 1. The van der Waals surface area contributed by atoms with Crippen molar-refractivity contribution >= 4 is 22.8 Å². The van der Waals surface area contributed by atoms with Crippen LogP contribution in [-0.2, 0) is 6.54 Å². The van der Waals surface area contributed by atoms with Crippen LogP contribution in [0.5, 0.6) is 5.75 Å². The molecule has 0 radical (unpaired) electrons. The van der Waals surface area contributed by atoms with E-state index in [0.717, 1.165) is 12.1 Å². The van der Waals surface area contributed by atoms with Gasteiger partial charge in [-0.15, -0.1) is 13.2 Å². The molecule has 1 amide bonds. The maximum absolute atomic E-state index is 12.9. The van der Waals surface area contributed by atoms with Gasteiger partial charge in [-0.05, 0) is 37.3 Å². The van der Waals surface area contributed by atoms with Crippen molar-refractivity contribution in [2.45, 2.75) is 19.8 Å². The van der Waals surface area contributed by atoms with Gasteiger partial charge in [0.2, 0.25) is 0 Å². The number of nitrogens with zero attached hydrogens (tertiary/aromatic N) is 5. The molecule has 1 aromatic carbocycles. The Morgan fingerprint density at radius 2 is 1.78 bits per heavy atom. The predicted octanol–water partition coefficient (Wildman–Crippen LogP) is 2.67. The topological polar surface area (TPSA) is 80.6 Å². The molecule has 0 N–H and O–H groups in total. The molecule has 3 aromatic rings. The molecule has 0 bridgehead atoms. The highest BCUT2D eigenvalue weighted by Crippen LogP contribution is 2.23. The number of anilines is 1. The third kappa shape index (κ3) is 4.36. The van der Waals surface area contributed by atoms with Crippen LogP contribution in [0.15, 0.2) is 47.5 Å². The highest BCUT2D eigenvalue weighted by molar-refractivity contribution is 5.94. The molecular formula is C21H20F3N5O3. The lowest BCUT2D eigenvalue weighted by molar-refractivity contribution is -0.274. The van der Waals surface area contributed by atoms with E-state index in [9.17, 15) is 22.8 Å². The number of aromatic nitrogens is 3. The Labute approximate surface area is 180 Å². The van der Waals surface area contributed by atoms with Gasteiger partial charge in [-0.3, -0.25) is 14.6 Å². The molecule has 3 heterocycles. The number of rotatable bonds is 4. The first-order chi connectivity index (χ1) is 15.3. The highest BCUT2D eigenvalue weighted by Gasteiger charge is 2.31. The van der Waals surface area contributed by atoms with Crippen molar-refractivity contribution in [3.05, 3.63) is 58.6 Å². The van der Waals surface area contributed by atoms with E-state index in [1.54, 1.807) is 27.9 Å². The molecule has 1 fully saturated rings. The van der Waals surface area contributed by atoms with Crippen LogP contribution in [-0.4, -0.2) is 57.9 Å². The lowest BCUT2D eigenvalue weighted by atomic mass is 10.1. The van der Waals surface area contributed by atoms with Gasteiger partial charge >= 0.3 is 6.36 Å². The summed E-state index contributed by atoms with van der Waals surface area (Å²) in [5, 5.41) is 0.